The Kier molecular flexibility index (Phi) is 3.78. The summed E-state index contributed by atoms with van der Waals surface area (Å²) in [7, 11) is 0. The van der Waals surface area contributed by atoms with E-state index in [0.29, 0.717) is 12.6 Å². The van der Waals surface area contributed by atoms with Crippen molar-refractivity contribution < 1.29 is 9.90 Å². The summed E-state index contributed by atoms with van der Waals surface area (Å²) >= 11 is 1.77. The molecule has 2 rings (SSSR count). The lowest BCUT2D eigenvalue weighted by molar-refractivity contribution is -0.148. The fourth-order valence-corrected chi connectivity index (χ4v) is 3.85. The number of carboxylic acids is 1. The van der Waals surface area contributed by atoms with Crippen molar-refractivity contribution >= 4 is 17.3 Å². The Hall–Kier alpha value is -0.870. The number of nitrogens with zero attached hydrogens (tertiary/aromatic N) is 1. The van der Waals surface area contributed by atoms with Crippen molar-refractivity contribution in [3.63, 3.8) is 0 Å². The van der Waals surface area contributed by atoms with Crippen LogP contribution in [0.3, 0.4) is 0 Å². The highest BCUT2D eigenvalue weighted by molar-refractivity contribution is 7.10. The van der Waals surface area contributed by atoms with Crippen molar-refractivity contribution in [1.82, 2.24) is 4.90 Å². The van der Waals surface area contributed by atoms with Gasteiger partial charge in [0.15, 0.2) is 0 Å². The summed E-state index contributed by atoms with van der Waals surface area (Å²) in [6.07, 6.45) is 1.49. The van der Waals surface area contributed by atoms with Gasteiger partial charge in [0.1, 0.15) is 0 Å². The maximum absolute atomic E-state index is 11.5. The normalized spacial score (nSPS) is 26.4. The number of rotatable bonds is 4. The largest absolute Gasteiger partial charge is 0.481 e. The van der Waals surface area contributed by atoms with Gasteiger partial charge in [0.25, 0.3) is 0 Å². The quantitative estimate of drug-likeness (QED) is 0.910. The second-order valence-corrected chi connectivity index (χ2v) is 6.25. The highest BCUT2D eigenvalue weighted by Gasteiger charge is 2.44. The SMILES string of the molecule is CCC1(C(=O)O)CCN(C(C)c2sccc2C)C1. The average molecular weight is 267 g/mol. The van der Waals surface area contributed by atoms with Gasteiger partial charge in [-0.1, -0.05) is 6.92 Å². The molecule has 1 aromatic heterocycles. The summed E-state index contributed by atoms with van der Waals surface area (Å²) in [6.45, 7) is 7.86. The predicted octanol–water partition coefficient (Wildman–Crippen LogP) is 3.30. The molecule has 0 amide bonds. The number of carbonyl (C=O) groups is 1. The molecule has 1 fully saturated rings. The summed E-state index contributed by atoms with van der Waals surface area (Å²) in [6, 6.07) is 2.47. The third-order valence-corrected chi connectivity index (χ3v) is 5.53. The molecule has 3 nitrogen and oxygen atoms in total. The van der Waals surface area contributed by atoms with Crippen LogP contribution in [-0.2, 0) is 4.79 Å². The Morgan fingerprint density at radius 3 is 2.83 bits per heavy atom. The maximum atomic E-state index is 11.5. The Morgan fingerprint density at radius 2 is 2.39 bits per heavy atom. The van der Waals surface area contributed by atoms with Gasteiger partial charge in [-0.05, 0) is 50.2 Å². The van der Waals surface area contributed by atoms with Crippen LogP contribution in [0.1, 0.15) is 43.2 Å². The number of aryl methyl sites for hydroxylation is 1. The Morgan fingerprint density at radius 1 is 1.67 bits per heavy atom. The molecule has 0 aromatic carbocycles. The summed E-state index contributed by atoms with van der Waals surface area (Å²) in [4.78, 5) is 15.1. The summed E-state index contributed by atoms with van der Waals surface area (Å²) < 4.78 is 0. The van der Waals surface area contributed by atoms with Crippen molar-refractivity contribution in [3.05, 3.63) is 21.9 Å². The van der Waals surface area contributed by atoms with E-state index in [4.69, 9.17) is 0 Å². The highest BCUT2D eigenvalue weighted by Crippen LogP contribution is 2.39. The maximum Gasteiger partial charge on any atom is 0.310 e. The lowest BCUT2D eigenvalue weighted by atomic mass is 9.84. The number of aliphatic carboxylic acids is 1. The number of hydrogen-bond donors (Lipinski definition) is 1. The smallest absolute Gasteiger partial charge is 0.310 e. The Labute approximate surface area is 112 Å². The van der Waals surface area contributed by atoms with Crippen LogP contribution in [0.2, 0.25) is 0 Å². The number of carboxylic acid groups (broad SMARTS) is 1. The fraction of sp³-hybridized carbons (Fsp3) is 0.643. The van der Waals surface area contributed by atoms with E-state index in [1.165, 1.54) is 10.4 Å². The molecule has 1 saturated heterocycles. The summed E-state index contributed by atoms with van der Waals surface area (Å²) in [5.41, 5.74) is 0.788. The van der Waals surface area contributed by atoms with Crippen LogP contribution in [0.15, 0.2) is 11.4 Å². The van der Waals surface area contributed by atoms with Crippen LogP contribution in [0.25, 0.3) is 0 Å². The third kappa shape index (κ3) is 2.19. The molecule has 0 saturated carbocycles. The number of likely N-dealkylation sites (tertiary alicyclic amines) is 1. The first-order chi connectivity index (χ1) is 8.50. The molecule has 0 radical (unpaired) electrons. The number of thiophene rings is 1. The summed E-state index contributed by atoms with van der Waals surface area (Å²) in [5.74, 6) is -0.636. The molecule has 0 spiro atoms. The van der Waals surface area contributed by atoms with E-state index in [1.807, 2.05) is 6.92 Å². The zero-order chi connectivity index (χ0) is 13.3. The Balaban J connectivity index is 2.14. The lowest BCUT2D eigenvalue weighted by Crippen LogP contribution is -2.34. The number of hydrogen-bond acceptors (Lipinski definition) is 3. The first kappa shape index (κ1) is 13.6. The van der Waals surface area contributed by atoms with Crippen LogP contribution < -0.4 is 0 Å². The second-order valence-electron chi connectivity index (χ2n) is 5.30. The summed E-state index contributed by atoms with van der Waals surface area (Å²) in [5, 5.41) is 11.5. The Bertz CT molecular complexity index is 443. The zero-order valence-corrected chi connectivity index (χ0v) is 12.1. The highest BCUT2D eigenvalue weighted by atomic mass is 32.1. The average Bonchev–Trinajstić information content (AvgIpc) is 2.95. The van der Waals surface area contributed by atoms with Crippen molar-refractivity contribution in [2.45, 2.75) is 39.7 Å². The first-order valence-corrected chi connectivity index (χ1v) is 7.39. The van der Waals surface area contributed by atoms with E-state index in [9.17, 15) is 9.90 Å². The van der Waals surface area contributed by atoms with Gasteiger partial charge in [0.2, 0.25) is 0 Å². The lowest BCUT2D eigenvalue weighted by Gasteiger charge is -2.27. The van der Waals surface area contributed by atoms with Crippen LogP contribution in [-0.4, -0.2) is 29.1 Å². The van der Waals surface area contributed by atoms with E-state index in [0.717, 1.165) is 19.4 Å². The molecule has 2 atom stereocenters. The minimum Gasteiger partial charge on any atom is -0.481 e. The molecular weight excluding hydrogens is 246 g/mol. The van der Waals surface area contributed by atoms with Crippen LogP contribution in [0, 0.1) is 12.3 Å². The molecule has 100 valence electrons. The van der Waals surface area contributed by atoms with Crippen LogP contribution in [0.5, 0.6) is 0 Å². The molecule has 0 bridgehead atoms. The van der Waals surface area contributed by atoms with Gasteiger partial charge in [-0.15, -0.1) is 11.3 Å². The minimum atomic E-state index is -0.636. The molecule has 2 unspecified atom stereocenters. The molecule has 1 N–H and O–H groups in total. The molecule has 1 aromatic rings. The topological polar surface area (TPSA) is 40.5 Å². The van der Waals surface area contributed by atoms with Crippen molar-refractivity contribution in [2.24, 2.45) is 5.41 Å². The van der Waals surface area contributed by atoms with Crippen molar-refractivity contribution in [2.75, 3.05) is 13.1 Å². The molecule has 2 heterocycles. The fourth-order valence-electron chi connectivity index (χ4n) is 2.83. The van der Waals surface area contributed by atoms with Gasteiger partial charge >= 0.3 is 5.97 Å². The third-order valence-electron chi connectivity index (χ3n) is 4.34. The van der Waals surface area contributed by atoms with Gasteiger partial charge in [-0.25, -0.2) is 0 Å². The van der Waals surface area contributed by atoms with E-state index >= 15 is 0 Å². The first-order valence-electron chi connectivity index (χ1n) is 6.51. The van der Waals surface area contributed by atoms with E-state index in [2.05, 4.69) is 30.2 Å². The standard InChI is InChI=1S/C14H21NO2S/c1-4-14(13(16)17)6-7-15(9-14)11(3)12-10(2)5-8-18-12/h5,8,11H,4,6-7,9H2,1-3H3,(H,16,17). The van der Waals surface area contributed by atoms with Crippen LogP contribution >= 0.6 is 11.3 Å². The van der Waals surface area contributed by atoms with Gasteiger partial charge in [0, 0.05) is 17.5 Å². The molecule has 18 heavy (non-hydrogen) atoms. The van der Waals surface area contributed by atoms with Crippen molar-refractivity contribution in [3.8, 4) is 0 Å². The molecule has 1 aliphatic rings. The van der Waals surface area contributed by atoms with E-state index < -0.39 is 11.4 Å². The molecule has 0 aliphatic carbocycles. The molecular formula is C14H21NO2S. The zero-order valence-electron chi connectivity index (χ0n) is 11.3. The second kappa shape index (κ2) is 5.02. The van der Waals surface area contributed by atoms with Gasteiger partial charge < -0.3 is 5.11 Å². The van der Waals surface area contributed by atoms with E-state index in [-0.39, 0.29) is 0 Å². The van der Waals surface area contributed by atoms with Crippen molar-refractivity contribution in [1.29, 1.82) is 0 Å². The predicted molar refractivity (Wildman–Crippen MR) is 74.0 cm³/mol. The molecule has 1 aliphatic heterocycles. The minimum absolute atomic E-state index is 0.331. The molecule has 4 heteroatoms. The monoisotopic (exact) mass is 267 g/mol. The van der Waals surface area contributed by atoms with Crippen LogP contribution in [0.4, 0.5) is 0 Å². The van der Waals surface area contributed by atoms with Gasteiger partial charge in [-0.2, -0.15) is 0 Å². The van der Waals surface area contributed by atoms with E-state index in [1.54, 1.807) is 11.3 Å². The van der Waals surface area contributed by atoms with Gasteiger partial charge in [-0.3, -0.25) is 9.69 Å². The van der Waals surface area contributed by atoms with Gasteiger partial charge in [0.05, 0.1) is 5.41 Å².